The molecule has 0 rings (SSSR count). The SMILES string of the molecule is CCN=C(C(=CN)C(=O)Cl)C(F)F. The lowest BCUT2D eigenvalue weighted by atomic mass is 10.2. The van der Waals surface area contributed by atoms with Gasteiger partial charge in [-0.25, -0.2) is 8.78 Å². The first-order valence-electron chi connectivity index (χ1n) is 3.49. The van der Waals surface area contributed by atoms with Gasteiger partial charge in [0.05, 0.1) is 5.57 Å². The molecule has 0 aliphatic rings. The van der Waals surface area contributed by atoms with Gasteiger partial charge in [0, 0.05) is 12.7 Å². The lowest BCUT2D eigenvalue weighted by molar-refractivity contribution is -0.108. The van der Waals surface area contributed by atoms with E-state index in [9.17, 15) is 13.6 Å². The van der Waals surface area contributed by atoms with E-state index >= 15 is 0 Å². The number of carbonyl (C=O) groups is 1. The van der Waals surface area contributed by atoms with E-state index < -0.39 is 23.0 Å². The first-order chi connectivity index (χ1) is 6.04. The number of hydrogen-bond donors (Lipinski definition) is 1. The fourth-order valence-electron chi connectivity index (χ4n) is 0.694. The quantitative estimate of drug-likeness (QED) is 0.432. The zero-order valence-corrected chi connectivity index (χ0v) is 7.68. The van der Waals surface area contributed by atoms with Crippen LogP contribution in [0.5, 0.6) is 0 Å². The van der Waals surface area contributed by atoms with Gasteiger partial charge < -0.3 is 5.73 Å². The second kappa shape index (κ2) is 5.64. The summed E-state index contributed by atoms with van der Waals surface area (Å²) in [4.78, 5) is 14.0. The standard InChI is InChI=1S/C7H9ClF2N2O/c1-2-12-5(7(9)10)4(3-11)6(8)13/h3,7H,2,11H2,1H3. The summed E-state index contributed by atoms with van der Waals surface area (Å²) >= 11 is 5.02. The minimum atomic E-state index is -2.85. The Labute approximate surface area is 79.3 Å². The zero-order chi connectivity index (χ0) is 10.4. The Morgan fingerprint density at radius 3 is 2.46 bits per heavy atom. The number of alkyl halides is 2. The fraction of sp³-hybridized carbons (Fsp3) is 0.429. The molecule has 0 aromatic carbocycles. The molecule has 13 heavy (non-hydrogen) atoms. The second-order valence-electron chi connectivity index (χ2n) is 2.01. The lowest BCUT2D eigenvalue weighted by Crippen LogP contribution is -2.19. The van der Waals surface area contributed by atoms with E-state index in [-0.39, 0.29) is 6.54 Å². The predicted molar refractivity (Wildman–Crippen MR) is 47.1 cm³/mol. The average molecular weight is 211 g/mol. The molecule has 3 nitrogen and oxygen atoms in total. The molecule has 0 radical (unpaired) electrons. The summed E-state index contributed by atoms with van der Waals surface area (Å²) in [6.07, 6.45) is -2.12. The molecule has 0 amide bonds. The molecule has 0 aromatic heterocycles. The molecule has 74 valence electrons. The highest BCUT2D eigenvalue weighted by Gasteiger charge is 2.21. The van der Waals surface area contributed by atoms with Crippen LogP contribution in [0.4, 0.5) is 8.78 Å². The van der Waals surface area contributed by atoms with Crippen LogP contribution >= 0.6 is 11.6 Å². The maximum absolute atomic E-state index is 12.2. The van der Waals surface area contributed by atoms with Gasteiger partial charge in [-0.05, 0) is 18.5 Å². The van der Waals surface area contributed by atoms with Gasteiger partial charge >= 0.3 is 0 Å². The predicted octanol–water partition coefficient (Wildman–Crippen LogP) is 1.32. The van der Waals surface area contributed by atoms with Gasteiger partial charge in [-0.1, -0.05) is 0 Å². The minimum absolute atomic E-state index is 0.140. The van der Waals surface area contributed by atoms with Crippen LogP contribution in [0.3, 0.4) is 0 Å². The van der Waals surface area contributed by atoms with Crippen LogP contribution in [0.1, 0.15) is 6.92 Å². The highest BCUT2D eigenvalue weighted by atomic mass is 35.5. The van der Waals surface area contributed by atoms with Gasteiger partial charge in [-0.3, -0.25) is 9.79 Å². The Bertz CT molecular complexity index is 251. The molecule has 0 atom stereocenters. The van der Waals surface area contributed by atoms with Crippen molar-refractivity contribution in [3.63, 3.8) is 0 Å². The van der Waals surface area contributed by atoms with Crippen LogP contribution in [0.15, 0.2) is 16.8 Å². The third-order valence-electron chi connectivity index (χ3n) is 1.19. The number of rotatable bonds is 4. The summed E-state index contributed by atoms with van der Waals surface area (Å²) in [7, 11) is 0. The highest BCUT2D eigenvalue weighted by molar-refractivity contribution is 6.70. The summed E-state index contributed by atoms with van der Waals surface area (Å²) in [5, 5.41) is -1.03. The van der Waals surface area contributed by atoms with Crippen LogP contribution in [-0.2, 0) is 4.79 Å². The minimum Gasteiger partial charge on any atom is -0.404 e. The topological polar surface area (TPSA) is 55.4 Å². The summed E-state index contributed by atoms with van der Waals surface area (Å²) in [5.41, 5.74) is 3.85. The van der Waals surface area contributed by atoms with Gasteiger partial charge in [0.25, 0.3) is 11.7 Å². The number of nitrogens with zero attached hydrogens (tertiary/aromatic N) is 1. The van der Waals surface area contributed by atoms with Gasteiger partial charge in [-0.2, -0.15) is 0 Å². The third-order valence-corrected chi connectivity index (χ3v) is 1.39. The molecule has 0 unspecified atom stereocenters. The first-order valence-corrected chi connectivity index (χ1v) is 3.87. The van der Waals surface area contributed by atoms with Crippen LogP contribution in [-0.4, -0.2) is 23.9 Å². The number of aliphatic imine (C=N–C) groups is 1. The molecule has 0 aliphatic heterocycles. The van der Waals surface area contributed by atoms with Crippen molar-refractivity contribution in [1.82, 2.24) is 0 Å². The molecule has 0 saturated carbocycles. The van der Waals surface area contributed by atoms with Crippen molar-refractivity contribution >= 4 is 22.6 Å². The van der Waals surface area contributed by atoms with Crippen LogP contribution in [0, 0.1) is 0 Å². The Kier molecular flexibility index (Phi) is 5.22. The molecule has 0 bridgehead atoms. The Balaban J connectivity index is 4.94. The molecule has 0 saturated heterocycles. The van der Waals surface area contributed by atoms with E-state index in [1.165, 1.54) is 0 Å². The smallest absolute Gasteiger partial charge is 0.280 e. The summed E-state index contributed by atoms with van der Waals surface area (Å²) in [5.74, 6) is 0. The molecule has 0 fully saturated rings. The molecule has 2 N–H and O–H groups in total. The number of nitrogens with two attached hydrogens (primary N) is 1. The van der Waals surface area contributed by atoms with E-state index in [1.54, 1.807) is 6.92 Å². The fourth-order valence-corrected chi connectivity index (χ4v) is 0.853. The number of halogens is 3. The maximum atomic E-state index is 12.2. The van der Waals surface area contributed by atoms with E-state index in [1.807, 2.05) is 0 Å². The summed E-state index contributed by atoms with van der Waals surface area (Å²) in [6, 6.07) is 0. The molecule has 0 aliphatic carbocycles. The average Bonchev–Trinajstić information content (AvgIpc) is 2.03. The number of allylic oxidation sites excluding steroid dienone is 1. The molecule has 6 heteroatoms. The number of hydrogen-bond acceptors (Lipinski definition) is 3. The normalized spacial score (nSPS) is 13.6. The van der Waals surface area contributed by atoms with Crippen LogP contribution < -0.4 is 5.73 Å². The third kappa shape index (κ3) is 3.50. The molecule has 0 spiro atoms. The maximum Gasteiger partial charge on any atom is 0.280 e. The lowest BCUT2D eigenvalue weighted by Gasteiger charge is -2.04. The largest absolute Gasteiger partial charge is 0.404 e. The van der Waals surface area contributed by atoms with E-state index in [2.05, 4.69) is 4.99 Å². The van der Waals surface area contributed by atoms with Crippen molar-refractivity contribution in [2.75, 3.05) is 6.54 Å². The van der Waals surface area contributed by atoms with Crippen molar-refractivity contribution < 1.29 is 13.6 Å². The Morgan fingerprint density at radius 1 is 1.69 bits per heavy atom. The van der Waals surface area contributed by atoms with Gasteiger partial charge in [0.1, 0.15) is 5.71 Å². The second-order valence-corrected chi connectivity index (χ2v) is 2.36. The summed E-state index contributed by atoms with van der Waals surface area (Å²) in [6.45, 7) is 1.70. The molecule has 0 heterocycles. The molecular formula is C7H9ClF2N2O. The van der Waals surface area contributed by atoms with Crippen molar-refractivity contribution in [2.24, 2.45) is 10.7 Å². The van der Waals surface area contributed by atoms with Crippen molar-refractivity contribution in [2.45, 2.75) is 13.3 Å². The molecular weight excluding hydrogens is 202 g/mol. The highest BCUT2D eigenvalue weighted by Crippen LogP contribution is 2.10. The Hall–Kier alpha value is -0.970. The van der Waals surface area contributed by atoms with E-state index in [0.717, 1.165) is 6.20 Å². The number of carbonyl (C=O) groups excluding carboxylic acids is 1. The van der Waals surface area contributed by atoms with Crippen molar-refractivity contribution in [3.05, 3.63) is 11.8 Å². The van der Waals surface area contributed by atoms with Gasteiger partial charge in [-0.15, -0.1) is 0 Å². The zero-order valence-electron chi connectivity index (χ0n) is 6.93. The first kappa shape index (κ1) is 12.0. The van der Waals surface area contributed by atoms with E-state index in [0.29, 0.717) is 0 Å². The van der Waals surface area contributed by atoms with Crippen molar-refractivity contribution in [1.29, 1.82) is 0 Å². The monoisotopic (exact) mass is 210 g/mol. The Morgan fingerprint density at radius 2 is 2.23 bits per heavy atom. The van der Waals surface area contributed by atoms with Crippen LogP contribution in [0.2, 0.25) is 0 Å². The van der Waals surface area contributed by atoms with Gasteiger partial charge in [0.15, 0.2) is 0 Å². The van der Waals surface area contributed by atoms with Crippen molar-refractivity contribution in [3.8, 4) is 0 Å². The molecule has 0 aromatic rings. The van der Waals surface area contributed by atoms with E-state index in [4.69, 9.17) is 17.3 Å². The summed E-state index contributed by atoms with van der Waals surface area (Å²) < 4.78 is 24.5. The van der Waals surface area contributed by atoms with Gasteiger partial charge in [0.2, 0.25) is 0 Å². The van der Waals surface area contributed by atoms with Crippen LogP contribution in [0.25, 0.3) is 0 Å².